The first kappa shape index (κ1) is 17.4. The van der Waals surface area contributed by atoms with E-state index in [1.165, 1.54) is 5.56 Å². The maximum absolute atomic E-state index is 12.1. The van der Waals surface area contributed by atoms with Crippen LogP contribution in [0, 0.1) is 0 Å². The molecule has 0 heterocycles. The molecule has 1 rings (SSSR count). The fourth-order valence-corrected chi connectivity index (χ4v) is 2.26. The van der Waals surface area contributed by atoms with Gasteiger partial charge < -0.3 is 4.90 Å². The summed E-state index contributed by atoms with van der Waals surface area (Å²) in [5.74, 6) is 0.0932. The number of ketones is 1. The Hall–Kier alpha value is -1.64. The van der Waals surface area contributed by atoms with Crippen molar-refractivity contribution in [3.63, 3.8) is 0 Å². The number of Topliss-reactive ketones (excluding diaryl/α,β-unsaturated/α-hetero) is 1. The van der Waals surface area contributed by atoms with Crippen molar-refractivity contribution in [2.24, 2.45) is 0 Å². The number of carbonyl (C=O) groups is 2. The van der Waals surface area contributed by atoms with Crippen LogP contribution in [0.5, 0.6) is 0 Å². The van der Waals surface area contributed by atoms with Crippen molar-refractivity contribution < 1.29 is 9.59 Å². The maximum Gasteiger partial charge on any atom is 0.223 e. The molecule has 0 N–H and O–H groups in total. The van der Waals surface area contributed by atoms with Gasteiger partial charge in [-0.25, -0.2) is 0 Å². The minimum absolute atomic E-state index is 0.0379. The normalized spacial score (nSPS) is 11.3. The highest BCUT2D eigenvalue weighted by Gasteiger charge is 2.16. The number of benzene rings is 1. The van der Waals surface area contributed by atoms with Gasteiger partial charge in [0.05, 0.1) is 0 Å². The number of rotatable bonds is 6. The van der Waals surface area contributed by atoms with E-state index in [0.29, 0.717) is 25.1 Å². The van der Waals surface area contributed by atoms with E-state index in [1.807, 2.05) is 38.1 Å². The Morgan fingerprint density at radius 3 is 1.90 bits per heavy atom. The molecule has 1 aromatic rings. The van der Waals surface area contributed by atoms with Gasteiger partial charge in [0.15, 0.2) is 5.78 Å². The Labute approximate surface area is 128 Å². The lowest BCUT2D eigenvalue weighted by molar-refractivity contribution is -0.130. The minimum atomic E-state index is 0.0379. The van der Waals surface area contributed by atoms with Crippen LogP contribution in [0.15, 0.2) is 24.3 Å². The number of amides is 1. The second-order valence-electron chi connectivity index (χ2n) is 6.32. The Morgan fingerprint density at radius 1 is 0.952 bits per heavy atom. The number of hydrogen-bond donors (Lipinski definition) is 0. The Kier molecular flexibility index (Phi) is 6.13. The summed E-state index contributed by atoms with van der Waals surface area (Å²) in [5.41, 5.74) is 1.98. The summed E-state index contributed by atoms with van der Waals surface area (Å²) in [6.07, 6.45) is 0.575. The molecule has 0 saturated carbocycles. The van der Waals surface area contributed by atoms with Crippen LogP contribution >= 0.6 is 0 Å². The molecule has 116 valence electrons. The molecule has 0 atom stereocenters. The Morgan fingerprint density at radius 2 is 1.48 bits per heavy atom. The lowest BCUT2D eigenvalue weighted by Crippen LogP contribution is -2.30. The average Bonchev–Trinajstić information content (AvgIpc) is 2.45. The van der Waals surface area contributed by atoms with Gasteiger partial charge in [0, 0.05) is 31.5 Å². The van der Waals surface area contributed by atoms with E-state index in [1.54, 1.807) is 4.90 Å². The molecule has 0 aliphatic heterocycles. The largest absolute Gasteiger partial charge is 0.343 e. The van der Waals surface area contributed by atoms with Gasteiger partial charge in [0.1, 0.15) is 0 Å². The molecule has 0 bridgehead atoms. The fraction of sp³-hybridized carbons (Fsp3) is 0.556. The molecule has 0 saturated heterocycles. The van der Waals surface area contributed by atoms with Gasteiger partial charge in [0.2, 0.25) is 5.91 Å². The maximum atomic E-state index is 12.1. The monoisotopic (exact) mass is 289 g/mol. The van der Waals surface area contributed by atoms with Crippen molar-refractivity contribution in [2.75, 3.05) is 13.1 Å². The van der Waals surface area contributed by atoms with E-state index in [4.69, 9.17) is 0 Å². The van der Waals surface area contributed by atoms with Gasteiger partial charge in [-0.3, -0.25) is 9.59 Å². The second kappa shape index (κ2) is 7.39. The Bertz CT molecular complexity index is 479. The lowest BCUT2D eigenvalue weighted by atomic mass is 9.86. The van der Waals surface area contributed by atoms with Gasteiger partial charge in [-0.15, -0.1) is 0 Å². The van der Waals surface area contributed by atoms with Crippen molar-refractivity contribution in [3.8, 4) is 0 Å². The molecule has 3 nitrogen and oxygen atoms in total. The molecule has 21 heavy (non-hydrogen) atoms. The van der Waals surface area contributed by atoms with E-state index in [2.05, 4.69) is 20.8 Å². The summed E-state index contributed by atoms with van der Waals surface area (Å²) < 4.78 is 0. The van der Waals surface area contributed by atoms with E-state index in [-0.39, 0.29) is 23.5 Å². The van der Waals surface area contributed by atoms with Crippen molar-refractivity contribution >= 4 is 11.7 Å². The van der Waals surface area contributed by atoms with Crippen LogP contribution in [0.4, 0.5) is 0 Å². The van der Waals surface area contributed by atoms with Crippen LogP contribution in [0.25, 0.3) is 0 Å². The standard InChI is InChI=1S/C18H27NO2/c1-6-19(7-2)17(21)13-12-16(20)14-8-10-15(11-9-14)18(3,4)5/h8-11H,6-7,12-13H2,1-5H3. The van der Waals surface area contributed by atoms with E-state index in [0.717, 1.165) is 0 Å². The number of carbonyl (C=O) groups excluding carboxylic acids is 2. The predicted octanol–water partition coefficient (Wildman–Crippen LogP) is 3.82. The first-order valence-corrected chi connectivity index (χ1v) is 7.71. The summed E-state index contributed by atoms with van der Waals surface area (Å²) in [6.45, 7) is 11.7. The van der Waals surface area contributed by atoms with Gasteiger partial charge in [-0.1, -0.05) is 45.0 Å². The SMILES string of the molecule is CCN(CC)C(=O)CCC(=O)c1ccc(C(C)(C)C)cc1. The summed E-state index contributed by atoms with van der Waals surface area (Å²) in [6, 6.07) is 7.73. The summed E-state index contributed by atoms with van der Waals surface area (Å²) >= 11 is 0. The third-order valence-corrected chi connectivity index (χ3v) is 3.75. The minimum Gasteiger partial charge on any atom is -0.343 e. The van der Waals surface area contributed by atoms with Crippen molar-refractivity contribution in [1.82, 2.24) is 4.90 Å². The van der Waals surface area contributed by atoms with Crippen molar-refractivity contribution in [2.45, 2.75) is 52.9 Å². The van der Waals surface area contributed by atoms with E-state index < -0.39 is 0 Å². The highest BCUT2D eigenvalue weighted by molar-refractivity contribution is 5.98. The smallest absolute Gasteiger partial charge is 0.223 e. The van der Waals surface area contributed by atoms with Gasteiger partial charge in [0.25, 0.3) is 0 Å². The molecule has 0 fully saturated rings. The average molecular weight is 289 g/mol. The quantitative estimate of drug-likeness (QED) is 0.747. The van der Waals surface area contributed by atoms with Crippen LogP contribution < -0.4 is 0 Å². The van der Waals surface area contributed by atoms with Crippen LogP contribution in [0.3, 0.4) is 0 Å². The molecule has 0 aliphatic rings. The van der Waals surface area contributed by atoms with Crippen LogP contribution in [-0.4, -0.2) is 29.7 Å². The molecule has 0 aromatic heterocycles. The molecular weight excluding hydrogens is 262 g/mol. The molecule has 0 unspecified atom stereocenters. The molecule has 1 amide bonds. The molecule has 1 aromatic carbocycles. The summed E-state index contributed by atoms with van der Waals surface area (Å²) in [5, 5.41) is 0. The van der Waals surface area contributed by atoms with E-state index >= 15 is 0 Å². The zero-order valence-corrected chi connectivity index (χ0v) is 13.9. The number of nitrogens with zero attached hydrogens (tertiary/aromatic N) is 1. The lowest BCUT2D eigenvalue weighted by Gasteiger charge is -2.19. The topological polar surface area (TPSA) is 37.4 Å². The third kappa shape index (κ3) is 5.00. The predicted molar refractivity (Wildman–Crippen MR) is 86.6 cm³/mol. The molecule has 0 radical (unpaired) electrons. The highest BCUT2D eigenvalue weighted by Crippen LogP contribution is 2.22. The van der Waals surface area contributed by atoms with Gasteiger partial charge >= 0.3 is 0 Å². The zero-order chi connectivity index (χ0) is 16.0. The second-order valence-corrected chi connectivity index (χ2v) is 6.32. The first-order chi connectivity index (χ1) is 9.79. The molecular formula is C18H27NO2. The van der Waals surface area contributed by atoms with Crippen molar-refractivity contribution in [3.05, 3.63) is 35.4 Å². The van der Waals surface area contributed by atoms with Crippen LogP contribution in [0.2, 0.25) is 0 Å². The van der Waals surface area contributed by atoms with Gasteiger partial charge in [-0.2, -0.15) is 0 Å². The molecule has 3 heteroatoms. The van der Waals surface area contributed by atoms with Crippen molar-refractivity contribution in [1.29, 1.82) is 0 Å². The first-order valence-electron chi connectivity index (χ1n) is 7.71. The van der Waals surface area contributed by atoms with E-state index in [9.17, 15) is 9.59 Å². The molecule has 0 spiro atoms. The fourth-order valence-electron chi connectivity index (χ4n) is 2.26. The highest BCUT2D eigenvalue weighted by atomic mass is 16.2. The zero-order valence-electron chi connectivity index (χ0n) is 13.9. The summed E-state index contributed by atoms with van der Waals surface area (Å²) in [7, 11) is 0. The van der Waals surface area contributed by atoms with Crippen LogP contribution in [0.1, 0.15) is 63.4 Å². The van der Waals surface area contributed by atoms with Gasteiger partial charge in [-0.05, 0) is 24.8 Å². The molecule has 0 aliphatic carbocycles. The summed E-state index contributed by atoms with van der Waals surface area (Å²) in [4.78, 5) is 25.8. The third-order valence-electron chi connectivity index (χ3n) is 3.75. The van der Waals surface area contributed by atoms with Crippen LogP contribution in [-0.2, 0) is 10.2 Å². The number of hydrogen-bond acceptors (Lipinski definition) is 2. The Balaban J connectivity index is 2.62.